The van der Waals surface area contributed by atoms with Gasteiger partial charge in [0.2, 0.25) is 5.91 Å². The fourth-order valence-corrected chi connectivity index (χ4v) is 15.6. The van der Waals surface area contributed by atoms with Gasteiger partial charge in [0.05, 0.1) is 38.6 Å². The van der Waals surface area contributed by atoms with Crippen molar-refractivity contribution in [2.24, 2.45) is 0 Å². The molecule has 109 heavy (non-hydrogen) atoms. The van der Waals surface area contributed by atoms with Crippen LogP contribution in [-0.4, -0.2) is 193 Å². The minimum atomic E-state index is -1.98. The molecular formula is C90H169NO18. The minimum absolute atomic E-state index is 0.237. The summed E-state index contributed by atoms with van der Waals surface area (Å²) < 4.78 is 34.5. The van der Waals surface area contributed by atoms with Gasteiger partial charge < -0.3 is 89.9 Å². The molecule has 0 saturated carbocycles. The molecule has 3 saturated heterocycles. The molecule has 0 aromatic rings. The van der Waals surface area contributed by atoms with E-state index in [1.807, 2.05) is 6.08 Å². The third kappa shape index (κ3) is 49.0. The third-order valence-corrected chi connectivity index (χ3v) is 22.9. The highest BCUT2D eigenvalue weighted by Gasteiger charge is 2.54. The molecule has 0 bridgehead atoms. The summed E-state index contributed by atoms with van der Waals surface area (Å²) in [7, 11) is 0. The Balaban J connectivity index is 1.33. The zero-order chi connectivity index (χ0) is 78.8. The number of carbonyl (C=O) groups excluding carboxylic acids is 1. The van der Waals surface area contributed by atoms with Crippen molar-refractivity contribution in [2.45, 2.75) is 503 Å². The summed E-state index contributed by atoms with van der Waals surface area (Å²) in [6, 6.07) is -0.997. The summed E-state index contributed by atoms with van der Waals surface area (Å²) in [5.74, 6) is -0.281. The number of carbonyl (C=O) groups is 1. The Hall–Kier alpha value is -1.99. The quantitative estimate of drug-likeness (QED) is 0.0199. The Bertz CT molecular complexity index is 2100. The molecule has 3 aliphatic heterocycles. The molecule has 19 heteroatoms. The van der Waals surface area contributed by atoms with Crippen LogP contribution in [0.5, 0.6) is 0 Å². The first-order valence-corrected chi connectivity index (χ1v) is 45.7. The van der Waals surface area contributed by atoms with Crippen molar-refractivity contribution in [3.63, 3.8) is 0 Å². The van der Waals surface area contributed by atoms with Gasteiger partial charge in [-0.15, -0.1) is 0 Å². The van der Waals surface area contributed by atoms with Gasteiger partial charge in [-0.1, -0.05) is 384 Å². The van der Waals surface area contributed by atoms with Gasteiger partial charge in [0.25, 0.3) is 0 Å². The van der Waals surface area contributed by atoms with Crippen molar-refractivity contribution in [1.82, 2.24) is 5.32 Å². The van der Waals surface area contributed by atoms with Gasteiger partial charge in [0.1, 0.15) is 73.2 Å². The summed E-state index contributed by atoms with van der Waals surface area (Å²) in [5.41, 5.74) is 0. The van der Waals surface area contributed by atoms with Crippen molar-refractivity contribution in [3.05, 3.63) is 36.5 Å². The van der Waals surface area contributed by atoms with Gasteiger partial charge >= 0.3 is 0 Å². The zero-order valence-corrected chi connectivity index (χ0v) is 69.3. The molecule has 17 unspecified atom stereocenters. The van der Waals surface area contributed by atoms with Crippen molar-refractivity contribution >= 4 is 5.91 Å². The van der Waals surface area contributed by atoms with Crippen LogP contribution < -0.4 is 5.32 Å². The van der Waals surface area contributed by atoms with Gasteiger partial charge in [-0.2, -0.15) is 0 Å². The number of allylic oxidation sites excluding steroid dienone is 5. The van der Waals surface area contributed by atoms with E-state index >= 15 is 0 Å². The normalized spacial score (nSPS) is 25.4. The number of nitrogens with one attached hydrogen (secondary N) is 1. The molecule has 0 aromatic carbocycles. The van der Waals surface area contributed by atoms with E-state index in [2.05, 4.69) is 43.5 Å². The van der Waals surface area contributed by atoms with E-state index in [1.54, 1.807) is 6.08 Å². The number of rotatable bonds is 75. The average molecular weight is 1550 g/mol. The van der Waals surface area contributed by atoms with Gasteiger partial charge in [0, 0.05) is 6.42 Å². The van der Waals surface area contributed by atoms with E-state index in [9.17, 15) is 61.0 Å². The van der Waals surface area contributed by atoms with Gasteiger partial charge in [0.15, 0.2) is 18.9 Å². The van der Waals surface area contributed by atoms with E-state index in [0.717, 1.165) is 44.9 Å². The fraction of sp³-hybridized carbons (Fsp3) is 0.922. The molecule has 0 aliphatic carbocycles. The summed E-state index contributed by atoms with van der Waals surface area (Å²) in [4.78, 5) is 13.5. The minimum Gasteiger partial charge on any atom is -0.394 e. The number of aliphatic hydroxyl groups excluding tert-OH is 11. The monoisotopic (exact) mass is 1550 g/mol. The average Bonchev–Trinajstić information content (AvgIpc) is 0.771. The molecule has 642 valence electrons. The van der Waals surface area contributed by atoms with Crippen molar-refractivity contribution in [2.75, 3.05) is 26.4 Å². The maximum absolute atomic E-state index is 13.5. The zero-order valence-electron chi connectivity index (χ0n) is 69.3. The molecule has 17 atom stereocenters. The van der Waals surface area contributed by atoms with Crippen molar-refractivity contribution in [1.29, 1.82) is 0 Å². The Morgan fingerprint density at radius 3 is 0.917 bits per heavy atom. The maximum Gasteiger partial charge on any atom is 0.220 e. The topological polar surface area (TPSA) is 307 Å². The highest BCUT2D eigenvalue weighted by atomic mass is 16.8. The lowest BCUT2D eigenvalue weighted by atomic mass is 9.96. The Kier molecular flexibility index (Phi) is 65.2. The molecule has 0 aromatic heterocycles. The van der Waals surface area contributed by atoms with E-state index in [-0.39, 0.29) is 18.9 Å². The van der Waals surface area contributed by atoms with Crippen LogP contribution in [0.4, 0.5) is 0 Å². The second kappa shape index (κ2) is 70.2. The van der Waals surface area contributed by atoms with Gasteiger partial charge in [-0.3, -0.25) is 4.79 Å². The predicted molar refractivity (Wildman–Crippen MR) is 439 cm³/mol. The van der Waals surface area contributed by atoms with Crippen LogP contribution in [0.3, 0.4) is 0 Å². The van der Waals surface area contributed by atoms with Crippen LogP contribution in [0.2, 0.25) is 0 Å². The molecule has 3 aliphatic rings. The summed E-state index contributed by atoms with van der Waals surface area (Å²) in [6.45, 7) is 1.78. The predicted octanol–water partition coefficient (Wildman–Crippen LogP) is 17.4. The van der Waals surface area contributed by atoms with Crippen LogP contribution >= 0.6 is 0 Å². The van der Waals surface area contributed by atoms with Crippen molar-refractivity contribution in [3.8, 4) is 0 Å². The second-order valence-corrected chi connectivity index (χ2v) is 32.8. The molecule has 3 heterocycles. The van der Waals surface area contributed by atoms with Crippen LogP contribution in [0.25, 0.3) is 0 Å². The lowest BCUT2D eigenvalue weighted by molar-refractivity contribution is -0.379. The number of aliphatic hydroxyl groups is 11. The lowest BCUT2D eigenvalue weighted by Gasteiger charge is -2.48. The number of hydrogen-bond donors (Lipinski definition) is 12. The molecule has 1 amide bonds. The Labute approximate surface area is 663 Å². The van der Waals surface area contributed by atoms with Crippen LogP contribution in [0, 0.1) is 0 Å². The first-order valence-electron chi connectivity index (χ1n) is 45.7. The number of amides is 1. The fourth-order valence-electron chi connectivity index (χ4n) is 15.6. The summed E-state index contributed by atoms with van der Waals surface area (Å²) >= 11 is 0. The number of hydrogen-bond acceptors (Lipinski definition) is 18. The van der Waals surface area contributed by atoms with E-state index in [4.69, 9.17) is 28.4 Å². The third-order valence-electron chi connectivity index (χ3n) is 22.9. The molecule has 3 fully saturated rings. The Morgan fingerprint density at radius 2 is 0.587 bits per heavy atom. The molecular weight excluding hydrogens is 1380 g/mol. The molecule has 12 N–H and O–H groups in total. The Morgan fingerprint density at radius 1 is 0.321 bits per heavy atom. The smallest absolute Gasteiger partial charge is 0.220 e. The first kappa shape index (κ1) is 101. The largest absolute Gasteiger partial charge is 0.394 e. The first-order chi connectivity index (χ1) is 53.3. The van der Waals surface area contributed by atoms with Crippen molar-refractivity contribution < 1.29 is 89.4 Å². The van der Waals surface area contributed by atoms with Crippen LogP contribution in [-0.2, 0) is 33.2 Å². The molecule has 0 radical (unpaired) electrons. The van der Waals surface area contributed by atoms with E-state index in [0.29, 0.717) is 12.8 Å². The molecule has 19 nitrogen and oxygen atoms in total. The second-order valence-electron chi connectivity index (χ2n) is 32.8. The highest BCUT2D eigenvalue weighted by molar-refractivity contribution is 5.76. The van der Waals surface area contributed by atoms with Crippen LogP contribution in [0.1, 0.15) is 399 Å². The standard InChI is InChI=1S/C90H169NO18/c1-3-5-7-9-11-13-15-17-19-21-23-25-27-29-31-33-34-35-36-37-38-40-42-44-46-48-50-52-54-56-58-60-62-64-66-68-78(96)91-73(74(95)67-65-63-61-59-57-55-53-51-49-47-45-43-41-39-32-30-28-26-24-22-20-18-16-14-12-10-8-6-4-2)72-104-88-84(102)81(99)86(76(70-93)106-88)109-90-85(103)82(100)87(77(71-94)107-90)108-89-83(101)80(98)79(97)75(69-92)105-89/h49,51,57,59,65,67,73-77,79-90,92-95,97-103H,3-48,50,52-56,58,60-64,66,68-72H2,1-2H3,(H,91,96)/b51-49+,59-57+,67-65+. The molecule has 0 spiro atoms. The summed E-state index contributed by atoms with van der Waals surface area (Å²) in [6.07, 6.45) is 63.2. The number of ether oxygens (including phenoxy) is 6. The summed E-state index contributed by atoms with van der Waals surface area (Å²) in [5, 5.41) is 121. The maximum atomic E-state index is 13.5. The van der Waals surface area contributed by atoms with Gasteiger partial charge in [-0.05, 0) is 44.9 Å². The van der Waals surface area contributed by atoms with Gasteiger partial charge in [-0.25, -0.2) is 0 Å². The lowest BCUT2D eigenvalue weighted by Crippen LogP contribution is -2.66. The van der Waals surface area contributed by atoms with E-state index < -0.39 is 124 Å². The molecule has 3 rings (SSSR count). The SMILES string of the molecule is CCCCCCCCCCCCCCCCCCCCC/C=C/CC/C=C/CC/C=C/C(O)C(COC1OC(CO)C(OC2OC(CO)C(OC3OC(CO)C(O)C(O)C3O)C(O)C2O)C(O)C1O)NC(=O)CCCCCCCCCCCCCCCCCCCCCCCCCCCCCCCCCCCCC. The van der Waals surface area contributed by atoms with E-state index in [1.165, 1.54) is 321 Å². The number of unbranched alkanes of at least 4 members (excludes halogenated alkanes) is 55. The highest BCUT2D eigenvalue weighted by Crippen LogP contribution is 2.34. The van der Waals surface area contributed by atoms with Crippen LogP contribution in [0.15, 0.2) is 36.5 Å².